The normalized spacial score (nSPS) is 18.2. The van der Waals surface area contributed by atoms with Crippen molar-refractivity contribution in [2.45, 2.75) is 12.8 Å². The van der Waals surface area contributed by atoms with Gasteiger partial charge in [0.1, 0.15) is 0 Å². The molecule has 1 aromatic rings. The summed E-state index contributed by atoms with van der Waals surface area (Å²) in [6, 6.07) is 1.19. The molecule has 1 aromatic carbocycles. The number of piperidine rings is 1. The molecule has 0 aromatic heterocycles. The molecule has 0 spiro atoms. The maximum atomic E-state index is 13.1. The van der Waals surface area contributed by atoms with Crippen molar-refractivity contribution in [1.29, 1.82) is 0 Å². The molecule has 0 saturated carbocycles. The van der Waals surface area contributed by atoms with E-state index in [1.165, 1.54) is 4.90 Å². The molecule has 5 nitrogen and oxygen atoms in total. The lowest BCUT2D eigenvalue weighted by atomic mass is 9.99. The van der Waals surface area contributed by atoms with E-state index < -0.39 is 29.3 Å². The topological polar surface area (TPSA) is 69.6 Å². The quantitative estimate of drug-likeness (QED) is 0.638. The second-order valence-corrected chi connectivity index (χ2v) is 5.15. The molecule has 2 amide bonds. The van der Waals surface area contributed by atoms with Crippen LogP contribution in [0.5, 0.6) is 0 Å². The van der Waals surface area contributed by atoms with Crippen LogP contribution in [0.25, 0.3) is 0 Å². The number of halogens is 3. The predicted octanol–water partition coefficient (Wildman–Crippen LogP) is 1.27. The first kappa shape index (κ1) is 16.3. The third kappa shape index (κ3) is 3.56. The SMILES string of the molecule is O=C(Nc1cc(F)c(F)c(F)c1)C(=O)N1CCCC(CO)C1. The molecule has 1 aliphatic rings. The maximum absolute atomic E-state index is 13.1. The fourth-order valence-corrected chi connectivity index (χ4v) is 2.35. The first-order chi connectivity index (χ1) is 10.4. The Labute approximate surface area is 124 Å². The summed E-state index contributed by atoms with van der Waals surface area (Å²) in [6.07, 6.45) is 1.42. The Morgan fingerprint density at radius 1 is 1.27 bits per heavy atom. The van der Waals surface area contributed by atoms with Crippen LogP contribution in [0.3, 0.4) is 0 Å². The van der Waals surface area contributed by atoms with Crippen molar-refractivity contribution in [3.8, 4) is 0 Å². The van der Waals surface area contributed by atoms with Crippen molar-refractivity contribution in [2.24, 2.45) is 5.92 Å². The Morgan fingerprint density at radius 3 is 2.50 bits per heavy atom. The number of aliphatic hydroxyl groups excluding tert-OH is 1. The van der Waals surface area contributed by atoms with E-state index >= 15 is 0 Å². The van der Waals surface area contributed by atoms with E-state index in [4.69, 9.17) is 5.11 Å². The fourth-order valence-electron chi connectivity index (χ4n) is 2.35. The van der Waals surface area contributed by atoms with Crippen LogP contribution in [0.2, 0.25) is 0 Å². The van der Waals surface area contributed by atoms with Crippen molar-refractivity contribution < 1.29 is 27.9 Å². The molecule has 0 bridgehead atoms. The van der Waals surface area contributed by atoms with Crippen LogP contribution in [0, 0.1) is 23.4 Å². The first-order valence-corrected chi connectivity index (χ1v) is 6.78. The number of anilines is 1. The van der Waals surface area contributed by atoms with Gasteiger partial charge >= 0.3 is 11.8 Å². The summed E-state index contributed by atoms with van der Waals surface area (Å²) in [6.45, 7) is 0.531. The minimum atomic E-state index is -1.65. The van der Waals surface area contributed by atoms with E-state index in [1.807, 2.05) is 5.32 Å². The van der Waals surface area contributed by atoms with Crippen molar-refractivity contribution in [3.63, 3.8) is 0 Å². The van der Waals surface area contributed by atoms with Crippen LogP contribution >= 0.6 is 0 Å². The molecule has 8 heteroatoms. The standard InChI is InChI=1S/C14H15F3N2O3/c15-10-4-9(5-11(16)12(10)17)18-13(21)14(22)19-3-1-2-8(6-19)7-20/h4-5,8,20H,1-3,6-7H2,(H,18,21). The first-order valence-electron chi connectivity index (χ1n) is 6.78. The minimum Gasteiger partial charge on any atom is -0.396 e. The molecule has 0 radical (unpaired) electrons. The zero-order valence-corrected chi connectivity index (χ0v) is 11.6. The second kappa shape index (κ2) is 6.78. The highest BCUT2D eigenvalue weighted by Crippen LogP contribution is 2.19. The molecular weight excluding hydrogens is 301 g/mol. The third-order valence-corrected chi connectivity index (χ3v) is 3.50. The zero-order valence-electron chi connectivity index (χ0n) is 11.6. The predicted molar refractivity (Wildman–Crippen MR) is 71.3 cm³/mol. The fraction of sp³-hybridized carbons (Fsp3) is 0.429. The molecule has 22 heavy (non-hydrogen) atoms. The molecule has 2 N–H and O–H groups in total. The molecule has 1 unspecified atom stereocenters. The summed E-state index contributed by atoms with van der Waals surface area (Å²) >= 11 is 0. The Bertz CT molecular complexity index is 572. The summed E-state index contributed by atoms with van der Waals surface area (Å²) in [5.41, 5.74) is -0.342. The van der Waals surface area contributed by atoms with E-state index in [2.05, 4.69) is 0 Å². The van der Waals surface area contributed by atoms with E-state index in [0.717, 1.165) is 6.42 Å². The van der Waals surface area contributed by atoms with Crippen LogP contribution in [-0.4, -0.2) is 41.5 Å². The number of amides is 2. The molecule has 120 valence electrons. The van der Waals surface area contributed by atoms with Gasteiger partial charge in [0.15, 0.2) is 17.5 Å². The van der Waals surface area contributed by atoms with Gasteiger partial charge in [-0.1, -0.05) is 0 Å². The Hall–Kier alpha value is -2.09. The largest absolute Gasteiger partial charge is 0.396 e. The van der Waals surface area contributed by atoms with Gasteiger partial charge in [-0.15, -0.1) is 0 Å². The lowest BCUT2D eigenvalue weighted by Crippen LogP contribution is -2.45. The Morgan fingerprint density at radius 2 is 1.91 bits per heavy atom. The van der Waals surface area contributed by atoms with E-state index in [0.29, 0.717) is 25.1 Å². The molecular formula is C14H15F3N2O3. The highest BCUT2D eigenvalue weighted by Gasteiger charge is 2.27. The summed E-state index contributed by atoms with van der Waals surface area (Å²) in [5, 5.41) is 11.1. The lowest BCUT2D eigenvalue weighted by molar-refractivity contribution is -0.144. The van der Waals surface area contributed by atoms with E-state index in [1.54, 1.807) is 0 Å². The summed E-state index contributed by atoms with van der Waals surface area (Å²) in [4.78, 5) is 25.1. The van der Waals surface area contributed by atoms with Gasteiger partial charge in [0.05, 0.1) is 0 Å². The molecule has 0 aliphatic carbocycles. The second-order valence-electron chi connectivity index (χ2n) is 5.15. The van der Waals surface area contributed by atoms with Gasteiger partial charge in [-0.25, -0.2) is 13.2 Å². The average molecular weight is 316 g/mol. The van der Waals surface area contributed by atoms with E-state index in [9.17, 15) is 22.8 Å². The van der Waals surface area contributed by atoms with Crippen molar-refractivity contribution in [2.75, 3.05) is 25.0 Å². The molecule has 1 saturated heterocycles. The van der Waals surface area contributed by atoms with Crippen LogP contribution < -0.4 is 5.32 Å². The third-order valence-electron chi connectivity index (χ3n) is 3.50. The van der Waals surface area contributed by atoms with Gasteiger partial charge in [-0.3, -0.25) is 9.59 Å². The number of nitrogens with one attached hydrogen (secondary N) is 1. The zero-order chi connectivity index (χ0) is 16.3. The number of likely N-dealkylation sites (tertiary alicyclic amines) is 1. The minimum absolute atomic E-state index is 0.0835. The monoisotopic (exact) mass is 316 g/mol. The van der Waals surface area contributed by atoms with Gasteiger partial charge in [0.25, 0.3) is 0 Å². The van der Waals surface area contributed by atoms with Crippen LogP contribution in [0.4, 0.5) is 18.9 Å². The number of aliphatic hydroxyl groups is 1. The van der Waals surface area contributed by atoms with Gasteiger partial charge in [-0.2, -0.15) is 0 Å². The number of hydrogen-bond acceptors (Lipinski definition) is 3. The van der Waals surface area contributed by atoms with Crippen LogP contribution in [0.1, 0.15) is 12.8 Å². The average Bonchev–Trinajstić information content (AvgIpc) is 2.51. The number of nitrogens with zero attached hydrogens (tertiary/aromatic N) is 1. The van der Waals surface area contributed by atoms with Crippen molar-refractivity contribution in [3.05, 3.63) is 29.6 Å². The molecule has 1 aliphatic heterocycles. The maximum Gasteiger partial charge on any atom is 0.313 e. The lowest BCUT2D eigenvalue weighted by Gasteiger charge is -2.31. The molecule has 1 fully saturated rings. The van der Waals surface area contributed by atoms with E-state index in [-0.39, 0.29) is 24.8 Å². The van der Waals surface area contributed by atoms with Gasteiger partial charge in [0.2, 0.25) is 0 Å². The van der Waals surface area contributed by atoms with Crippen molar-refractivity contribution in [1.82, 2.24) is 4.90 Å². The highest BCUT2D eigenvalue weighted by molar-refractivity contribution is 6.39. The molecule has 2 rings (SSSR count). The summed E-state index contributed by atoms with van der Waals surface area (Å²) in [5.74, 6) is -6.58. The number of carbonyl (C=O) groups is 2. The number of rotatable bonds is 2. The smallest absolute Gasteiger partial charge is 0.313 e. The van der Waals surface area contributed by atoms with Crippen LogP contribution in [0.15, 0.2) is 12.1 Å². The molecule has 1 atom stereocenters. The highest BCUT2D eigenvalue weighted by atomic mass is 19.2. The van der Waals surface area contributed by atoms with Gasteiger partial charge < -0.3 is 15.3 Å². The van der Waals surface area contributed by atoms with Gasteiger partial charge in [-0.05, 0) is 18.8 Å². The Kier molecular flexibility index (Phi) is 5.02. The number of benzene rings is 1. The molecule has 1 heterocycles. The number of hydrogen-bond donors (Lipinski definition) is 2. The number of carbonyl (C=O) groups excluding carboxylic acids is 2. The summed E-state index contributed by atoms with van der Waals surface area (Å²) < 4.78 is 38.9. The van der Waals surface area contributed by atoms with Gasteiger partial charge in [0, 0.05) is 37.5 Å². The van der Waals surface area contributed by atoms with Crippen LogP contribution in [-0.2, 0) is 9.59 Å². The summed E-state index contributed by atoms with van der Waals surface area (Å²) in [7, 11) is 0. The van der Waals surface area contributed by atoms with Crippen molar-refractivity contribution >= 4 is 17.5 Å². The Balaban J connectivity index is 2.04.